The molecule has 0 bridgehead atoms. The van der Waals surface area contributed by atoms with Gasteiger partial charge in [0.15, 0.2) is 0 Å². The van der Waals surface area contributed by atoms with E-state index in [0.29, 0.717) is 6.54 Å². The Bertz CT molecular complexity index is 983. The Morgan fingerprint density at radius 2 is 1.64 bits per heavy atom. The van der Waals surface area contributed by atoms with Crippen LogP contribution in [0, 0.1) is 0 Å². The number of rotatable bonds is 5. The molecule has 0 aliphatic rings. The smallest absolute Gasteiger partial charge is 0.0346 e. The third-order valence-corrected chi connectivity index (χ3v) is 4.65. The van der Waals surface area contributed by atoms with Gasteiger partial charge >= 0.3 is 0 Å². The number of nitrogens with two attached hydrogens (primary N) is 1. The normalized spacial score (nSPS) is 10.4. The molecule has 2 heterocycles. The van der Waals surface area contributed by atoms with Crippen molar-refractivity contribution in [1.29, 1.82) is 0 Å². The van der Waals surface area contributed by atoms with Crippen LogP contribution >= 0.6 is 12.6 Å². The lowest BCUT2D eigenvalue weighted by Crippen LogP contribution is -2.21. The van der Waals surface area contributed by atoms with Crippen LogP contribution in [0.5, 0.6) is 0 Å². The lowest BCUT2D eigenvalue weighted by atomic mass is 10.1. The zero-order valence-corrected chi connectivity index (χ0v) is 16.5. The van der Waals surface area contributed by atoms with Gasteiger partial charge in [-0.05, 0) is 40.3 Å². The molecule has 142 valence electrons. The van der Waals surface area contributed by atoms with Gasteiger partial charge in [-0.25, -0.2) is 0 Å². The van der Waals surface area contributed by atoms with Crippen LogP contribution in [-0.4, -0.2) is 23.1 Å². The predicted octanol–water partition coefficient (Wildman–Crippen LogP) is 4.32. The number of hydrogen-bond acceptors (Lipinski definition) is 5. The quantitative estimate of drug-likeness (QED) is 0.352. The standard InChI is InChI=1S/C14H17N3.C9H7NS/c15-7-9-17-10-12-3-5-13(6-4-12)14-2-1-8-16-11-14;11-9-3-1-2-7-6-10-5-4-8(7)9/h1-6,8,11,17H,7,9-10,15H2;1-6,11H. The maximum absolute atomic E-state index is 5.42. The molecule has 0 fully saturated rings. The van der Waals surface area contributed by atoms with Crippen molar-refractivity contribution in [3.8, 4) is 11.1 Å². The molecular weight excluding hydrogens is 364 g/mol. The highest BCUT2D eigenvalue weighted by Gasteiger charge is 1.97. The number of nitrogens with one attached hydrogen (secondary N) is 1. The molecule has 28 heavy (non-hydrogen) atoms. The van der Waals surface area contributed by atoms with Crippen LogP contribution in [-0.2, 0) is 6.54 Å². The molecule has 3 N–H and O–H groups in total. The summed E-state index contributed by atoms with van der Waals surface area (Å²) in [6.07, 6.45) is 7.29. The highest BCUT2D eigenvalue weighted by Crippen LogP contribution is 2.20. The number of pyridine rings is 2. The summed E-state index contributed by atoms with van der Waals surface area (Å²) < 4.78 is 0. The van der Waals surface area contributed by atoms with E-state index >= 15 is 0 Å². The Morgan fingerprint density at radius 1 is 0.821 bits per heavy atom. The fourth-order valence-electron chi connectivity index (χ4n) is 2.79. The van der Waals surface area contributed by atoms with E-state index in [4.69, 9.17) is 5.73 Å². The molecule has 0 saturated carbocycles. The average molecular weight is 389 g/mol. The summed E-state index contributed by atoms with van der Waals surface area (Å²) in [6, 6.07) is 20.5. The van der Waals surface area contributed by atoms with Gasteiger partial charge in [0.2, 0.25) is 0 Å². The van der Waals surface area contributed by atoms with Gasteiger partial charge in [0, 0.05) is 54.7 Å². The minimum atomic E-state index is 0.674. The number of thiol groups is 1. The SMILES string of the molecule is NCCNCc1ccc(-c2cccnc2)cc1.Sc1cccc2cnccc12. The van der Waals surface area contributed by atoms with Gasteiger partial charge in [-0.1, -0.05) is 42.5 Å². The maximum Gasteiger partial charge on any atom is 0.0346 e. The van der Waals surface area contributed by atoms with Gasteiger partial charge < -0.3 is 11.1 Å². The Morgan fingerprint density at radius 3 is 2.36 bits per heavy atom. The zero-order valence-electron chi connectivity index (χ0n) is 15.6. The predicted molar refractivity (Wildman–Crippen MR) is 119 cm³/mol. The summed E-state index contributed by atoms with van der Waals surface area (Å²) in [5.74, 6) is 0. The number of nitrogens with zero attached hydrogens (tertiary/aromatic N) is 2. The minimum Gasteiger partial charge on any atom is -0.329 e. The lowest BCUT2D eigenvalue weighted by molar-refractivity contribution is 0.695. The number of fused-ring (bicyclic) bond motifs is 1. The fraction of sp³-hybridized carbons (Fsp3) is 0.130. The molecule has 0 amide bonds. The van der Waals surface area contributed by atoms with Crippen LogP contribution in [0.4, 0.5) is 0 Å². The first-order chi connectivity index (χ1) is 13.8. The topological polar surface area (TPSA) is 63.8 Å². The van der Waals surface area contributed by atoms with Crippen molar-refractivity contribution in [3.63, 3.8) is 0 Å². The third kappa shape index (κ3) is 5.63. The third-order valence-electron chi connectivity index (χ3n) is 4.26. The van der Waals surface area contributed by atoms with Crippen molar-refractivity contribution in [3.05, 3.63) is 91.0 Å². The highest BCUT2D eigenvalue weighted by molar-refractivity contribution is 7.80. The summed E-state index contributed by atoms with van der Waals surface area (Å²) in [5.41, 5.74) is 9.04. The van der Waals surface area contributed by atoms with E-state index in [1.165, 1.54) is 11.1 Å². The molecule has 0 unspecified atom stereocenters. The number of hydrogen-bond donors (Lipinski definition) is 3. The van der Waals surface area contributed by atoms with Gasteiger partial charge in [0.25, 0.3) is 0 Å². The molecule has 0 aliphatic heterocycles. The summed E-state index contributed by atoms with van der Waals surface area (Å²) >= 11 is 4.32. The second-order valence-corrected chi connectivity index (χ2v) is 6.76. The molecule has 2 aromatic carbocycles. The second kappa shape index (κ2) is 10.6. The lowest BCUT2D eigenvalue weighted by Gasteiger charge is -2.05. The van der Waals surface area contributed by atoms with Crippen molar-refractivity contribution in [2.45, 2.75) is 11.4 Å². The Hall–Kier alpha value is -2.73. The van der Waals surface area contributed by atoms with Gasteiger partial charge in [0.1, 0.15) is 0 Å². The van der Waals surface area contributed by atoms with Crippen LogP contribution in [0.15, 0.2) is 90.3 Å². The molecular formula is C23H24N4S. The molecule has 4 rings (SSSR count). The van der Waals surface area contributed by atoms with Gasteiger partial charge in [-0.3, -0.25) is 9.97 Å². The molecule has 0 aliphatic carbocycles. The fourth-order valence-corrected chi connectivity index (χ4v) is 3.08. The Labute approximate surface area is 171 Å². The van der Waals surface area contributed by atoms with Crippen LogP contribution in [0.3, 0.4) is 0 Å². The van der Waals surface area contributed by atoms with E-state index in [1.54, 1.807) is 12.4 Å². The zero-order chi connectivity index (χ0) is 19.6. The Kier molecular flexibility index (Phi) is 7.55. The van der Waals surface area contributed by atoms with Crippen LogP contribution in [0.25, 0.3) is 21.9 Å². The molecule has 0 radical (unpaired) electrons. The van der Waals surface area contributed by atoms with Gasteiger partial charge in [-0.2, -0.15) is 0 Å². The van der Waals surface area contributed by atoms with Crippen molar-refractivity contribution < 1.29 is 0 Å². The monoisotopic (exact) mass is 388 g/mol. The number of aromatic nitrogens is 2. The van der Waals surface area contributed by atoms with Crippen molar-refractivity contribution in [2.75, 3.05) is 13.1 Å². The molecule has 5 heteroatoms. The average Bonchev–Trinajstić information content (AvgIpc) is 2.76. The first-order valence-corrected chi connectivity index (χ1v) is 9.64. The van der Waals surface area contributed by atoms with Gasteiger partial charge in [-0.15, -0.1) is 12.6 Å². The molecule has 4 nitrogen and oxygen atoms in total. The molecule has 0 atom stereocenters. The Balaban J connectivity index is 0.000000176. The van der Waals surface area contributed by atoms with Gasteiger partial charge in [0.05, 0.1) is 0 Å². The van der Waals surface area contributed by atoms with E-state index in [0.717, 1.165) is 34.3 Å². The van der Waals surface area contributed by atoms with E-state index < -0.39 is 0 Å². The van der Waals surface area contributed by atoms with E-state index in [1.807, 2.05) is 42.7 Å². The van der Waals surface area contributed by atoms with E-state index in [2.05, 4.69) is 58.2 Å². The van der Waals surface area contributed by atoms with Crippen molar-refractivity contribution in [2.24, 2.45) is 5.73 Å². The summed E-state index contributed by atoms with van der Waals surface area (Å²) in [6.45, 7) is 2.39. The first kappa shape index (κ1) is 20.0. The van der Waals surface area contributed by atoms with Crippen LogP contribution in [0.2, 0.25) is 0 Å². The minimum absolute atomic E-state index is 0.674. The summed E-state index contributed by atoms with van der Waals surface area (Å²) in [7, 11) is 0. The van der Waals surface area contributed by atoms with Crippen LogP contribution < -0.4 is 11.1 Å². The first-order valence-electron chi connectivity index (χ1n) is 9.20. The van der Waals surface area contributed by atoms with Crippen molar-refractivity contribution in [1.82, 2.24) is 15.3 Å². The van der Waals surface area contributed by atoms with E-state index in [-0.39, 0.29) is 0 Å². The van der Waals surface area contributed by atoms with Crippen LogP contribution in [0.1, 0.15) is 5.56 Å². The molecule has 2 aromatic heterocycles. The molecule has 0 saturated heterocycles. The molecule has 4 aromatic rings. The van der Waals surface area contributed by atoms with E-state index in [9.17, 15) is 0 Å². The number of benzene rings is 2. The largest absolute Gasteiger partial charge is 0.329 e. The molecule has 0 spiro atoms. The van der Waals surface area contributed by atoms with Crippen molar-refractivity contribution >= 4 is 23.4 Å². The highest BCUT2D eigenvalue weighted by atomic mass is 32.1. The summed E-state index contributed by atoms with van der Waals surface area (Å²) in [5, 5.41) is 5.57. The summed E-state index contributed by atoms with van der Waals surface area (Å²) in [4.78, 5) is 9.14. The maximum atomic E-state index is 5.42. The second-order valence-electron chi connectivity index (χ2n) is 6.28.